The van der Waals surface area contributed by atoms with Crippen LogP contribution in [0.4, 0.5) is 0 Å². The number of benzene rings is 1. The first-order valence-corrected chi connectivity index (χ1v) is 6.69. The van der Waals surface area contributed by atoms with Crippen LogP contribution in [-0.4, -0.2) is 11.6 Å². The first-order valence-electron chi connectivity index (χ1n) is 6.31. The second-order valence-corrected chi connectivity index (χ2v) is 5.38. The maximum atomic E-state index is 9.17. The van der Waals surface area contributed by atoms with Crippen LogP contribution in [0.15, 0.2) is 30.5 Å². The maximum absolute atomic E-state index is 9.17. The van der Waals surface area contributed by atoms with Crippen molar-refractivity contribution in [3.05, 3.63) is 35.6 Å². The summed E-state index contributed by atoms with van der Waals surface area (Å²) in [6, 6.07) is 9.99. The van der Waals surface area contributed by atoms with Gasteiger partial charge in [-0.15, -0.1) is 0 Å². The summed E-state index contributed by atoms with van der Waals surface area (Å²) in [5, 5.41) is 11.6. The Labute approximate surface area is 116 Å². The quantitative estimate of drug-likeness (QED) is 0.795. The van der Waals surface area contributed by atoms with Gasteiger partial charge in [0.15, 0.2) is 0 Å². The fourth-order valence-electron chi connectivity index (χ4n) is 2.32. The number of aromatic nitrogens is 1. The van der Waals surface area contributed by atoms with Crippen LogP contribution in [0.1, 0.15) is 19.3 Å². The molecule has 3 rings (SSSR count). The monoisotopic (exact) mass is 272 g/mol. The minimum Gasteiger partial charge on any atom is -0.492 e. The molecule has 0 amide bonds. The highest BCUT2D eigenvalue weighted by Crippen LogP contribution is 2.40. The topological polar surface area (TPSA) is 45.9 Å². The average molecular weight is 273 g/mol. The van der Waals surface area contributed by atoms with Crippen LogP contribution in [-0.2, 0) is 0 Å². The van der Waals surface area contributed by atoms with E-state index in [-0.39, 0.29) is 5.41 Å². The molecule has 0 aliphatic heterocycles. The fraction of sp³-hybridized carbons (Fsp3) is 0.333. The van der Waals surface area contributed by atoms with E-state index in [4.69, 9.17) is 21.6 Å². The van der Waals surface area contributed by atoms with Crippen molar-refractivity contribution in [2.24, 2.45) is 5.41 Å². The second-order valence-electron chi connectivity index (χ2n) is 5.02. The van der Waals surface area contributed by atoms with E-state index in [1.165, 1.54) is 0 Å². The lowest BCUT2D eigenvalue weighted by Gasteiger charge is -2.34. The molecule has 1 saturated carbocycles. The molecule has 3 nitrogen and oxygen atoms in total. The van der Waals surface area contributed by atoms with Crippen molar-refractivity contribution in [2.45, 2.75) is 19.3 Å². The predicted molar refractivity (Wildman–Crippen MR) is 74.1 cm³/mol. The van der Waals surface area contributed by atoms with Crippen molar-refractivity contribution in [3.8, 4) is 11.8 Å². The van der Waals surface area contributed by atoms with E-state index in [1.807, 2.05) is 24.3 Å². The third-order valence-corrected chi connectivity index (χ3v) is 4.05. The third-order valence-electron chi connectivity index (χ3n) is 3.75. The lowest BCUT2D eigenvalue weighted by Crippen LogP contribution is -2.34. The van der Waals surface area contributed by atoms with Gasteiger partial charge in [0.05, 0.1) is 11.5 Å². The van der Waals surface area contributed by atoms with Crippen molar-refractivity contribution in [1.29, 1.82) is 5.26 Å². The standard InChI is InChI=1S/C15H13ClN2O/c16-14-13-3-2-12(8-11(13)4-7-18-14)19-10-15(9-17)5-1-6-15/h2-4,7-8H,1,5-6,10H2. The first kappa shape index (κ1) is 12.3. The minimum absolute atomic E-state index is 0.273. The molecule has 0 N–H and O–H groups in total. The van der Waals surface area contributed by atoms with Gasteiger partial charge in [-0.1, -0.05) is 18.0 Å². The molecule has 1 aromatic carbocycles. The number of pyridine rings is 1. The van der Waals surface area contributed by atoms with Crippen molar-refractivity contribution in [1.82, 2.24) is 4.98 Å². The molecule has 0 saturated heterocycles. The molecule has 0 radical (unpaired) electrons. The molecule has 1 aliphatic rings. The molecule has 4 heteroatoms. The first-order chi connectivity index (χ1) is 9.22. The van der Waals surface area contributed by atoms with Gasteiger partial charge < -0.3 is 4.74 Å². The van der Waals surface area contributed by atoms with Gasteiger partial charge in [-0.05, 0) is 42.5 Å². The Morgan fingerprint density at radius 2 is 2.21 bits per heavy atom. The van der Waals surface area contributed by atoms with E-state index >= 15 is 0 Å². The molecule has 96 valence electrons. The van der Waals surface area contributed by atoms with E-state index in [2.05, 4.69) is 11.1 Å². The maximum Gasteiger partial charge on any atom is 0.136 e. The SMILES string of the molecule is N#CC1(COc2ccc3c(Cl)nccc3c2)CCC1. The van der Waals surface area contributed by atoms with Gasteiger partial charge in [-0.25, -0.2) is 4.98 Å². The van der Waals surface area contributed by atoms with Gasteiger partial charge in [-0.2, -0.15) is 5.26 Å². The van der Waals surface area contributed by atoms with Crippen LogP contribution >= 0.6 is 11.6 Å². The van der Waals surface area contributed by atoms with Crippen molar-refractivity contribution in [2.75, 3.05) is 6.61 Å². The summed E-state index contributed by atoms with van der Waals surface area (Å²) in [5.41, 5.74) is -0.273. The Balaban J connectivity index is 1.81. The lowest BCUT2D eigenvalue weighted by molar-refractivity contribution is 0.115. The van der Waals surface area contributed by atoms with E-state index in [0.29, 0.717) is 11.8 Å². The molecule has 1 aliphatic carbocycles. The van der Waals surface area contributed by atoms with Crippen LogP contribution in [0, 0.1) is 16.7 Å². The Morgan fingerprint density at radius 1 is 1.37 bits per heavy atom. The number of nitriles is 1. The highest BCUT2D eigenvalue weighted by atomic mass is 35.5. The van der Waals surface area contributed by atoms with Gasteiger partial charge >= 0.3 is 0 Å². The van der Waals surface area contributed by atoms with E-state index < -0.39 is 0 Å². The molecule has 0 atom stereocenters. The Bertz CT molecular complexity index is 659. The molecular weight excluding hydrogens is 260 g/mol. The van der Waals surface area contributed by atoms with E-state index in [1.54, 1.807) is 6.20 Å². The number of hydrogen-bond acceptors (Lipinski definition) is 3. The molecular formula is C15H13ClN2O. The average Bonchev–Trinajstić information content (AvgIpc) is 2.38. The summed E-state index contributed by atoms with van der Waals surface area (Å²) in [4.78, 5) is 4.04. The number of fused-ring (bicyclic) bond motifs is 1. The molecule has 0 unspecified atom stereocenters. The summed E-state index contributed by atoms with van der Waals surface area (Å²) in [5.74, 6) is 0.774. The molecule has 1 fully saturated rings. The predicted octanol–water partition coefficient (Wildman–Crippen LogP) is 3.96. The van der Waals surface area contributed by atoms with Crippen LogP contribution in [0.25, 0.3) is 10.8 Å². The van der Waals surface area contributed by atoms with Crippen LogP contribution < -0.4 is 4.74 Å². The zero-order valence-electron chi connectivity index (χ0n) is 10.4. The molecule has 1 heterocycles. The minimum atomic E-state index is -0.273. The summed E-state index contributed by atoms with van der Waals surface area (Å²) >= 11 is 6.02. The van der Waals surface area contributed by atoms with Crippen LogP contribution in [0.2, 0.25) is 5.15 Å². The van der Waals surface area contributed by atoms with Gasteiger partial charge in [0.2, 0.25) is 0 Å². The molecule has 0 spiro atoms. The number of ether oxygens (including phenoxy) is 1. The number of rotatable bonds is 3. The largest absolute Gasteiger partial charge is 0.492 e. The molecule has 1 aromatic heterocycles. The fourth-order valence-corrected chi connectivity index (χ4v) is 2.55. The summed E-state index contributed by atoms with van der Waals surface area (Å²) in [6.07, 6.45) is 4.67. The molecule has 0 bridgehead atoms. The Kier molecular flexibility index (Phi) is 3.04. The van der Waals surface area contributed by atoms with Crippen molar-refractivity contribution < 1.29 is 4.74 Å². The Morgan fingerprint density at radius 3 is 2.89 bits per heavy atom. The Hall–Kier alpha value is -1.79. The van der Waals surface area contributed by atoms with Crippen LogP contribution in [0.3, 0.4) is 0 Å². The zero-order valence-corrected chi connectivity index (χ0v) is 11.2. The normalized spacial score (nSPS) is 16.6. The second kappa shape index (κ2) is 4.71. The van der Waals surface area contributed by atoms with Gasteiger partial charge in [-0.3, -0.25) is 0 Å². The van der Waals surface area contributed by atoms with Crippen LogP contribution in [0.5, 0.6) is 5.75 Å². The molecule has 19 heavy (non-hydrogen) atoms. The molecule has 2 aromatic rings. The highest BCUT2D eigenvalue weighted by Gasteiger charge is 2.38. The summed E-state index contributed by atoms with van der Waals surface area (Å²) in [7, 11) is 0. The number of hydrogen-bond donors (Lipinski definition) is 0. The van der Waals surface area contributed by atoms with E-state index in [0.717, 1.165) is 35.8 Å². The highest BCUT2D eigenvalue weighted by molar-refractivity contribution is 6.34. The van der Waals surface area contributed by atoms with Gasteiger partial charge in [0.25, 0.3) is 0 Å². The number of halogens is 1. The van der Waals surface area contributed by atoms with Crippen molar-refractivity contribution in [3.63, 3.8) is 0 Å². The lowest BCUT2D eigenvalue weighted by atomic mass is 9.71. The zero-order chi connectivity index (χ0) is 13.3. The summed E-state index contributed by atoms with van der Waals surface area (Å²) in [6.45, 7) is 0.466. The van der Waals surface area contributed by atoms with Gasteiger partial charge in [0.1, 0.15) is 17.5 Å². The summed E-state index contributed by atoms with van der Waals surface area (Å²) < 4.78 is 5.77. The van der Waals surface area contributed by atoms with Crippen molar-refractivity contribution >= 4 is 22.4 Å². The van der Waals surface area contributed by atoms with E-state index in [9.17, 15) is 0 Å². The smallest absolute Gasteiger partial charge is 0.136 e. The third kappa shape index (κ3) is 2.24. The number of nitrogens with zero attached hydrogens (tertiary/aromatic N) is 2. The van der Waals surface area contributed by atoms with Gasteiger partial charge in [0, 0.05) is 11.6 Å².